The molecule has 2 aliphatic heterocycles. The highest BCUT2D eigenvalue weighted by atomic mass is 32.2. The molecule has 0 bridgehead atoms. The molecule has 0 unspecified atom stereocenters. The third kappa shape index (κ3) is 2.06. The summed E-state index contributed by atoms with van der Waals surface area (Å²) in [6, 6.07) is 4.71. The average Bonchev–Trinajstić information content (AvgIpc) is 2.86. The van der Waals surface area contributed by atoms with Gasteiger partial charge in [0.05, 0.1) is 0 Å². The van der Waals surface area contributed by atoms with Crippen LogP contribution in [0.15, 0.2) is 18.5 Å². The number of rotatable bonds is 2. The van der Waals surface area contributed by atoms with E-state index in [1.54, 1.807) is 10.8 Å². The highest BCUT2D eigenvalue weighted by Crippen LogP contribution is 2.23. The summed E-state index contributed by atoms with van der Waals surface area (Å²) in [6.07, 6.45) is 1.65. The minimum atomic E-state index is 0.708. The maximum atomic E-state index is 4.53. The van der Waals surface area contributed by atoms with Gasteiger partial charge in [0.25, 0.3) is 0 Å². The molecule has 0 spiro atoms. The lowest BCUT2D eigenvalue weighted by molar-refractivity contribution is 0.182. The molecule has 0 aromatic carbocycles. The van der Waals surface area contributed by atoms with E-state index in [0.29, 0.717) is 6.04 Å². The molecule has 0 N–H and O–H groups in total. The molecule has 2 fully saturated rings. The Morgan fingerprint density at radius 1 is 1.16 bits per heavy atom. The van der Waals surface area contributed by atoms with Gasteiger partial charge in [-0.15, -0.1) is 15.3 Å². The summed E-state index contributed by atoms with van der Waals surface area (Å²) in [4.78, 5) is 4.94. The molecule has 19 heavy (non-hydrogen) atoms. The Bertz CT molecular complexity index is 572. The van der Waals surface area contributed by atoms with Crippen LogP contribution < -0.4 is 4.90 Å². The molecule has 4 heterocycles. The first-order valence-corrected chi connectivity index (χ1v) is 7.79. The normalized spacial score (nSPS) is 21.8. The Labute approximate surface area is 115 Å². The van der Waals surface area contributed by atoms with Crippen LogP contribution in [0.2, 0.25) is 0 Å². The summed E-state index contributed by atoms with van der Waals surface area (Å²) in [5.41, 5.74) is 0.800. The van der Waals surface area contributed by atoms with Crippen molar-refractivity contribution in [2.24, 2.45) is 0 Å². The van der Waals surface area contributed by atoms with E-state index in [1.165, 1.54) is 24.6 Å². The Hall–Kier alpha value is -1.34. The highest BCUT2D eigenvalue weighted by Gasteiger charge is 2.33. The summed E-state index contributed by atoms with van der Waals surface area (Å²) in [7, 11) is 0. The largest absolute Gasteiger partial charge is 0.352 e. The van der Waals surface area contributed by atoms with Crippen molar-refractivity contribution >= 4 is 23.2 Å². The predicted molar refractivity (Wildman–Crippen MR) is 75.7 cm³/mol. The van der Waals surface area contributed by atoms with Crippen LogP contribution in [0.4, 0.5) is 5.82 Å². The fourth-order valence-electron chi connectivity index (χ4n) is 2.70. The van der Waals surface area contributed by atoms with Gasteiger partial charge in [0.15, 0.2) is 5.65 Å². The third-order valence-electron chi connectivity index (χ3n) is 3.90. The zero-order chi connectivity index (χ0) is 12.7. The van der Waals surface area contributed by atoms with E-state index >= 15 is 0 Å². The fraction of sp³-hybridized carbons (Fsp3) is 0.583. The van der Waals surface area contributed by atoms with Crippen LogP contribution in [0.3, 0.4) is 0 Å². The molecule has 2 aliphatic rings. The monoisotopic (exact) mass is 276 g/mol. The number of nitrogens with zero attached hydrogens (tertiary/aromatic N) is 6. The van der Waals surface area contributed by atoms with Crippen LogP contribution in [-0.2, 0) is 0 Å². The van der Waals surface area contributed by atoms with E-state index in [2.05, 4.69) is 36.9 Å². The van der Waals surface area contributed by atoms with Crippen LogP contribution >= 0.6 is 11.8 Å². The predicted octanol–water partition coefficient (Wildman–Crippen LogP) is 0.362. The summed E-state index contributed by atoms with van der Waals surface area (Å²) < 4.78 is 1.74. The lowest BCUT2D eigenvalue weighted by Gasteiger charge is -2.47. The zero-order valence-corrected chi connectivity index (χ0v) is 11.5. The first kappa shape index (κ1) is 11.5. The van der Waals surface area contributed by atoms with Gasteiger partial charge in [-0.05, 0) is 12.1 Å². The molecular formula is C12H16N6S. The zero-order valence-electron chi connectivity index (χ0n) is 10.6. The van der Waals surface area contributed by atoms with E-state index < -0.39 is 0 Å². The maximum absolute atomic E-state index is 4.53. The highest BCUT2D eigenvalue weighted by molar-refractivity contribution is 7.99. The topological polar surface area (TPSA) is 49.6 Å². The van der Waals surface area contributed by atoms with Crippen LogP contribution in [0.1, 0.15) is 0 Å². The summed E-state index contributed by atoms with van der Waals surface area (Å²) in [5, 5.41) is 12.4. The summed E-state index contributed by atoms with van der Waals surface area (Å²) in [6.45, 7) is 4.65. The van der Waals surface area contributed by atoms with Gasteiger partial charge in [0.1, 0.15) is 12.1 Å². The number of fused-ring (bicyclic) bond motifs is 1. The summed E-state index contributed by atoms with van der Waals surface area (Å²) >= 11 is 2.07. The Balaban J connectivity index is 1.44. The molecule has 2 aromatic heterocycles. The lowest BCUT2D eigenvalue weighted by atomic mass is 10.1. The fourth-order valence-corrected chi connectivity index (χ4v) is 3.63. The van der Waals surface area contributed by atoms with Gasteiger partial charge in [-0.1, -0.05) is 0 Å². The lowest BCUT2D eigenvalue weighted by Crippen LogP contribution is -2.61. The van der Waals surface area contributed by atoms with Crippen LogP contribution in [0.25, 0.3) is 5.65 Å². The second-order valence-electron chi connectivity index (χ2n) is 5.03. The molecule has 100 valence electrons. The third-order valence-corrected chi connectivity index (χ3v) is 4.84. The molecule has 0 aliphatic carbocycles. The van der Waals surface area contributed by atoms with Gasteiger partial charge in [-0.3, -0.25) is 4.90 Å². The second kappa shape index (κ2) is 4.64. The van der Waals surface area contributed by atoms with Gasteiger partial charge in [-0.2, -0.15) is 16.3 Å². The van der Waals surface area contributed by atoms with Gasteiger partial charge >= 0.3 is 0 Å². The van der Waals surface area contributed by atoms with Crippen molar-refractivity contribution in [1.82, 2.24) is 24.7 Å². The van der Waals surface area contributed by atoms with E-state index in [0.717, 1.165) is 24.6 Å². The number of hydrogen-bond donors (Lipinski definition) is 0. The molecule has 7 heteroatoms. The van der Waals surface area contributed by atoms with Crippen LogP contribution in [-0.4, -0.2) is 68.4 Å². The van der Waals surface area contributed by atoms with Crippen molar-refractivity contribution in [3.8, 4) is 0 Å². The van der Waals surface area contributed by atoms with Crippen LogP contribution in [0, 0.1) is 0 Å². The number of anilines is 1. The van der Waals surface area contributed by atoms with E-state index in [-0.39, 0.29) is 0 Å². The van der Waals surface area contributed by atoms with Crippen molar-refractivity contribution in [3.05, 3.63) is 18.5 Å². The minimum Gasteiger partial charge on any atom is -0.352 e. The molecule has 0 amide bonds. The number of hydrogen-bond acceptors (Lipinski definition) is 6. The minimum absolute atomic E-state index is 0.708. The quantitative estimate of drug-likeness (QED) is 0.789. The standard InChI is InChI=1S/C12H16N6S/c1-2-12(15-18-9-13-14-11(1)18)17-7-10(8-17)16-3-5-19-6-4-16/h1-2,9-10H,3-8H2. The summed E-state index contributed by atoms with van der Waals surface area (Å²) in [5.74, 6) is 3.58. The van der Waals surface area contributed by atoms with Gasteiger partial charge < -0.3 is 4.90 Å². The maximum Gasteiger partial charge on any atom is 0.177 e. The molecule has 2 aromatic rings. The van der Waals surface area contributed by atoms with Crippen molar-refractivity contribution < 1.29 is 0 Å². The number of thioether (sulfide) groups is 1. The van der Waals surface area contributed by atoms with Crippen LogP contribution in [0.5, 0.6) is 0 Å². The van der Waals surface area contributed by atoms with Crippen molar-refractivity contribution in [2.45, 2.75) is 6.04 Å². The molecule has 0 atom stereocenters. The molecule has 0 radical (unpaired) electrons. The molecule has 4 rings (SSSR count). The average molecular weight is 276 g/mol. The van der Waals surface area contributed by atoms with E-state index in [4.69, 9.17) is 0 Å². The molecule has 2 saturated heterocycles. The molecule has 6 nitrogen and oxygen atoms in total. The van der Waals surface area contributed by atoms with Crippen molar-refractivity contribution in [2.75, 3.05) is 42.6 Å². The van der Waals surface area contributed by atoms with Crippen molar-refractivity contribution in [3.63, 3.8) is 0 Å². The van der Waals surface area contributed by atoms with Crippen molar-refractivity contribution in [1.29, 1.82) is 0 Å². The van der Waals surface area contributed by atoms with E-state index in [9.17, 15) is 0 Å². The SMILES string of the molecule is c1cc2nncn2nc1N1CC(N2CCSCC2)C1. The molecule has 0 saturated carbocycles. The Kier molecular flexibility index (Phi) is 2.81. The number of aromatic nitrogens is 4. The first-order valence-electron chi connectivity index (χ1n) is 6.64. The smallest absolute Gasteiger partial charge is 0.177 e. The Morgan fingerprint density at radius 2 is 2.00 bits per heavy atom. The van der Waals surface area contributed by atoms with Gasteiger partial charge in [0.2, 0.25) is 0 Å². The molecular weight excluding hydrogens is 260 g/mol. The van der Waals surface area contributed by atoms with E-state index in [1.807, 2.05) is 12.1 Å². The van der Waals surface area contributed by atoms with Gasteiger partial charge in [-0.25, -0.2) is 0 Å². The second-order valence-corrected chi connectivity index (χ2v) is 6.26. The van der Waals surface area contributed by atoms with Gasteiger partial charge in [0, 0.05) is 43.7 Å². The first-order chi connectivity index (χ1) is 9.40. The Morgan fingerprint density at radius 3 is 2.84 bits per heavy atom.